The molecule has 0 fully saturated rings. The number of benzene rings is 1. The van der Waals surface area contributed by atoms with Crippen LogP contribution in [0.2, 0.25) is 0 Å². The van der Waals surface area contributed by atoms with Crippen LogP contribution < -0.4 is 4.74 Å². The molecule has 0 N–H and O–H groups in total. The first-order valence-corrected chi connectivity index (χ1v) is 6.70. The zero-order chi connectivity index (χ0) is 15.3. The summed E-state index contributed by atoms with van der Waals surface area (Å²) in [5.74, 6) is -0.452. The maximum Gasteiger partial charge on any atom is 0.311 e. The molecule has 0 atom stereocenters. The molecule has 0 aliphatic heterocycles. The van der Waals surface area contributed by atoms with Gasteiger partial charge in [0, 0.05) is 7.11 Å². The highest BCUT2D eigenvalue weighted by Gasteiger charge is 2.09. The summed E-state index contributed by atoms with van der Waals surface area (Å²) in [7, 11) is 1.58. The molecule has 1 aromatic rings. The molecule has 0 amide bonds. The molecule has 0 aliphatic carbocycles. The summed E-state index contributed by atoms with van der Waals surface area (Å²) in [6, 6.07) is 8.70. The Kier molecular flexibility index (Phi) is 8.83. The third-order valence-electron chi connectivity index (χ3n) is 2.43. The van der Waals surface area contributed by atoms with Crippen LogP contribution in [0.4, 0.5) is 0 Å². The lowest BCUT2D eigenvalue weighted by Gasteiger charge is -2.06. The molecule has 0 saturated carbocycles. The smallest absolute Gasteiger partial charge is 0.311 e. The van der Waals surface area contributed by atoms with Gasteiger partial charge in [0.2, 0.25) is 0 Å². The molecule has 0 bridgehead atoms. The minimum absolute atomic E-state index is 0.0102. The van der Waals surface area contributed by atoms with E-state index in [-0.39, 0.29) is 19.4 Å². The summed E-state index contributed by atoms with van der Waals surface area (Å²) in [4.78, 5) is 22.9. The number of hydrogen-bond acceptors (Lipinski definition) is 6. The number of hydrogen-bond donors (Lipinski definition) is 0. The molecule has 0 radical (unpaired) electrons. The van der Waals surface area contributed by atoms with E-state index in [1.54, 1.807) is 31.4 Å². The van der Waals surface area contributed by atoms with Gasteiger partial charge in [0.25, 0.3) is 0 Å². The predicted octanol–water partition coefficient (Wildman–Crippen LogP) is 1.58. The van der Waals surface area contributed by atoms with Crippen molar-refractivity contribution in [3.63, 3.8) is 0 Å². The second-order valence-corrected chi connectivity index (χ2v) is 4.11. The molecule has 0 aliphatic rings. The van der Waals surface area contributed by atoms with Crippen molar-refractivity contribution in [2.75, 3.05) is 33.5 Å². The first-order chi connectivity index (χ1) is 10.2. The zero-order valence-electron chi connectivity index (χ0n) is 12.1. The van der Waals surface area contributed by atoms with Crippen LogP contribution in [0.5, 0.6) is 5.75 Å². The van der Waals surface area contributed by atoms with Gasteiger partial charge in [-0.25, -0.2) is 0 Å². The van der Waals surface area contributed by atoms with Crippen LogP contribution in [-0.4, -0.2) is 45.5 Å². The van der Waals surface area contributed by atoms with Crippen LogP contribution >= 0.6 is 0 Å². The highest BCUT2D eigenvalue weighted by atomic mass is 16.6. The van der Waals surface area contributed by atoms with E-state index < -0.39 is 11.9 Å². The predicted molar refractivity (Wildman–Crippen MR) is 75.0 cm³/mol. The molecule has 0 heterocycles. The maximum atomic E-state index is 11.5. The number of rotatable bonds is 10. The van der Waals surface area contributed by atoms with E-state index >= 15 is 0 Å². The lowest BCUT2D eigenvalue weighted by molar-refractivity contribution is -0.148. The number of methoxy groups -OCH3 is 1. The van der Waals surface area contributed by atoms with Gasteiger partial charge in [-0.15, -0.1) is 0 Å². The van der Waals surface area contributed by atoms with E-state index in [0.29, 0.717) is 25.6 Å². The Bertz CT molecular complexity index is 417. The first kappa shape index (κ1) is 17.1. The van der Waals surface area contributed by atoms with Crippen molar-refractivity contribution >= 4 is 11.9 Å². The molecular weight excluding hydrogens is 276 g/mol. The van der Waals surface area contributed by atoms with Gasteiger partial charge in [0.05, 0.1) is 32.7 Å². The van der Waals surface area contributed by atoms with Gasteiger partial charge in [-0.3, -0.25) is 9.59 Å². The van der Waals surface area contributed by atoms with Crippen molar-refractivity contribution in [2.45, 2.75) is 12.8 Å². The average molecular weight is 296 g/mol. The van der Waals surface area contributed by atoms with Crippen LogP contribution in [0.25, 0.3) is 0 Å². The lowest BCUT2D eigenvalue weighted by atomic mass is 10.3. The van der Waals surface area contributed by atoms with Crippen LogP contribution in [-0.2, 0) is 23.8 Å². The Balaban J connectivity index is 2.05. The van der Waals surface area contributed by atoms with Crippen LogP contribution in [0.3, 0.4) is 0 Å². The Morgan fingerprint density at radius 1 is 0.905 bits per heavy atom. The van der Waals surface area contributed by atoms with Crippen LogP contribution in [0.1, 0.15) is 12.8 Å². The van der Waals surface area contributed by atoms with Crippen molar-refractivity contribution < 1.29 is 28.5 Å². The second-order valence-electron chi connectivity index (χ2n) is 4.11. The molecule has 1 rings (SSSR count). The molecule has 116 valence electrons. The summed E-state index contributed by atoms with van der Waals surface area (Å²) in [6.45, 7) is 1.43. The Morgan fingerprint density at radius 3 is 2.29 bits per heavy atom. The van der Waals surface area contributed by atoms with E-state index in [1.807, 2.05) is 6.07 Å². The molecule has 6 heteroatoms. The minimum Gasteiger partial charge on any atom is -0.463 e. The van der Waals surface area contributed by atoms with Gasteiger partial charge in [-0.2, -0.15) is 0 Å². The fourth-order valence-corrected chi connectivity index (χ4v) is 1.41. The Morgan fingerprint density at radius 2 is 1.57 bits per heavy atom. The zero-order valence-corrected chi connectivity index (χ0v) is 12.1. The summed E-state index contributed by atoms with van der Waals surface area (Å²) in [5.41, 5.74) is 0. The van der Waals surface area contributed by atoms with E-state index in [4.69, 9.17) is 18.9 Å². The van der Waals surface area contributed by atoms with Gasteiger partial charge in [-0.1, -0.05) is 18.2 Å². The molecule has 6 nitrogen and oxygen atoms in total. The van der Waals surface area contributed by atoms with Crippen molar-refractivity contribution in [2.24, 2.45) is 0 Å². The van der Waals surface area contributed by atoms with Gasteiger partial charge in [0.1, 0.15) is 12.4 Å². The fourth-order valence-electron chi connectivity index (χ4n) is 1.41. The van der Waals surface area contributed by atoms with Crippen molar-refractivity contribution in [1.29, 1.82) is 0 Å². The summed E-state index contributed by atoms with van der Waals surface area (Å²) in [6.07, 6.45) is -0.0258. The number of para-hydroxylation sites is 1. The lowest BCUT2D eigenvalue weighted by Crippen LogP contribution is -2.15. The van der Waals surface area contributed by atoms with Crippen molar-refractivity contribution in [3.05, 3.63) is 30.3 Å². The average Bonchev–Trinajstić information content (AvgIpc) is 2.50. The Hall–Kier alpha value is -1.92. The molecule has 0 unspecified atom stereocenters. The summed E-state index contributed by atoms with van der Waals surface area (Å²) >= 11 is 0. The van der Waals surface area contributed by atoms with Gasteiger partial charge >= 0.3 is 11.9 Å². The van der Waals surface area contributed by atoms with Crippen molar-refractivity contribution in [3.8, 4) is 5.75 Å². The third-order valence-corrected chi connectivity index (χ3v) is 2.43. The van der Waals surface area contributed by atoms with Gasteiger partial charge in [0.15, 0.2) is 0 Å². The standard InChI is InChI=1S/C15H20O6/c1-18-9-10-19-11-12-20-14(16)7-8-15(17)21-13-5-3-2-4-6-13/h2-6H,7-12H2,1H3. The highest BCUT2D eigenvalue weighted by Crippen LogP contribution is 2.09. The molecule has 0 aromatic heterocycles. The van der Waals surface area contributed by atoms with E-state index in [1.165, 1.54) is 0 Å². The van der Waals surface area contributed by atoms with Crippen LogP contribution in [0, 0.1) is 0 Å². The third kappa shape index (κ3) is 8.78. The minimum atomic E-state index is -0.463. The highest BCUT2D eigenvalue weighted by molar-refractivity contribution is 5.78. The SMILES string of the molecule is COCCOCCOC(=O)CCC(=O)Oc1ccccc1. The summed E-state index contributed by atoms with van der Waals surface area (Å²) < 4.78 is 19.9. The van der Waals surface area contributed by atoms with Gasteiger partial charge in [-0.05, 0) is 12.1 Å². The molecular formula is C15H20O6. The number of carbonyl (C=O) groups excluding carboxylic acids is 2. The first-order valence-electron chi connectivity index (χ1n) is 6.70. The molecule has 0 saturated heterocycles. The van der Waals surface area contributed by atoms with E-state index in [2.05, 4.69) is 0 Å². The van der Waals surface area contributed by atoms with Crippen molar-refractivity contribution in [1.82, 2.24) is 0 Å². The van der Waals surface area contributed by atoms with Gasteiger partial charge < -0.3 is 18.9 Å². The van der Waals surface area contributed by atoms with E-state index in [9.17, 15) is 9.59 Å². The normalized spacial score (nSPS) is 10.1. The monoisotopic (exact) mass is 296 g/mol. The molecule has 0 spiro atoms. The number of esters is 2. The Labute approximate surface area is 123 Å². The maximum absolute atomic E-state index is 11.5. The number of carbonyl (C=O) groups is 2. The second kappa shape index (κ2) is 10.8. The topological polar surface area (TPSA) is 71.1 Å². The number of ether oxygens (including phenoxy) is 4. The quantitative estimate of drug-likeness (QED) is 0.371. The molecule has 1 aromatic carbocycles. The van der Waals surface area contributed by atoms with E-state index in [0.717, 1.165) is 0 Å². The molecule has 21 heavy (non-hydrogen) atoms. The fraction of sp³-hybridized carbons (Fsp3) is 0.467. The van der Waals surface area contributed by atoms with Crippen LogP contribution in [0.15, 0.2) is 30.3 Å². The summed E-state index contributed by atoms with van der Waals surface area (Å²) in [5, 5.41) is 0. The largest absolute Gasteiger partial charge is 0.463 e.